The molecule has 3 heteroatoms. The minimum atomic E-state index is 0.392. The summed E-state index contributed by atoms with van der Waals surface area (Å²) < 4.78 is 2.15. The summed E-state index contributed by atoms with van der Waals surface area (Å²) >= 11 is 0. The van der Waals surface area contributed by atoms with Crippen LogP contribution in [0.1, 0.15) is 50.3 Å². The third-order valence-corrected chi connectivity index (χ3v) is 3.73. The Bertz CT molecular complexity index is 391. The lowest BCUT2D eigenvalue weighted by Gasteiger charge is -2.24. The fraction of sp³-hybridized carbons (Fsp3) is 0.615. The van der Waals surface area contributed by atoms with Crippen molar-refractivity contribution in [1.82, 2.24) is 9.78 Å². The maximum Gasteiger partial charge on any atom is 0.0850 e. The van der Waals surface area contributed by atoms with E-state index < -0.39 is 0 Å². The van der Waals surface area contributed by atoms with E-state index in [1.807, 2.05) is 0 Å². The molecule has 16 heavy (non-hydrogen) atoms. The van der Waals surface area contributed by atoms with Crippen LogP contribution in [0, 0.1) is 0 Å². The molecular weight excluding hydrogens is 198 g/mol. The Kier molecular flexibility index (Phi) is 2.56. The highest BCUT2D eigenvalue weighted by atomic mass is 15.3. The molecule has 2 aliphatic rings. The highest BCUT2D eigenvalue weighted by Gasteiger charge is 2.20. The summed E-state index contributed by atoms with van der Waals surface area (Å²) in [6.07, 6.45) is 11.7. The molecule has 0 atom stereocenters. The molecule has 0 amide bonds. The average molecular weight is 217 g/mol. The van der Waals surface area contributed by atoms with Gasteiger partial charge in [0.2, 0.25) is 0 Å². The molecule has 1 aromatic rings. The van der Waals surface area contributed by atoms with E-state index in [1.165, 1.54) is 31.3 Å². The van der Waals surface area contributed by atoms with Gasteiger partial charge in [0.05, 0.1) is 11.7 Å². The Balaban J connectivity index is 1.70. The molecule has 0 aliphatic heterocycles. The minimum absolute atomic E-state index is 0.392. The first kappa shape index (κ1) is 10.1. The third kappa shape index (κ3) is 1.92. The summed E-state index contributed by atoms with van der Waals surface area (Å²) in [7, 11) is 0. The predicted molar refractivity (Wildman–Crippen MR) is 64.9 cm³/mol. The predicted octanol–water partition coefficient (Wildman–Crippen LogP) is 2.50. The molecule has 3 nitrogen and oxygen atoms in total. The lowest BCUT2D eigenvalue weighted by Crippen LogP contribution is -2.29. The number of nitrogens with zero attached hydrogens (tertiary/aromatic N) is 2. The van der Waals surface area contributed by atoms with Crippen LogP contribution < -0.4 is 5.73 Å². The lowest BCUT2D eigenvalue weighted by molar-refractivity contribution is 0.466. The second-order valence-corrected chi connectivity index (χ2v) is 5.13. The average Bonchev–Trinajstić information content (AvgIpc) is 2.84. The monoisotopic (exact) mass is 217 g/mol. The molecule has 0 aromatic carbocycles. The number of aromatic nitrogens is 2. The van der Waals surface area contributed by atoms with Gasteiger partial charge >= 0.3 is 0 Å². The van der Waals surface area contributed by atoms with Crippen molar-refractivity contribution in [2.75, 3.05) is 0 Å². The largest absolute Gasteiger partial charge is 0.327 e. The molecule has 0 bridgehead atoms. The zero-order chi connectivity index (χ0) is 11.0. The van der Waals surface area contributed by atoms with Gasteiger partial charge in [0.25, 0.3) is 0 Å². The van der Waals surface area contributed by atoms with Crippen LogP contribution in [0.2, 0.25) is 0 Å². The van der Waals surface area contributed by atoms with Crippen LogP contribution in [-0.2, 0) is 0 Å². The first-order valence-electron chi connectivity index (χ1n) is 6.31. The minimum Gasteiger partial charge on any atom is -0.327 e. The van der Waals surface area contributed by atoms with Gasteiger partial charge in [-0.05, 0) is 37.8 Å². The highest BCUT2D eigenvalue weighted by Crippen LogP contribution is 2.30. The summed E-state index contributed by atoms with van der Waals surface area (Å²) in [4.78, 5) is 0. The van der Waals surface area contributed by atoms with E-state index in [0.717, 1.165) is 18.5 Å². The van der Waals surface area contributed by atoms with Gasteiger partial charge in [-0.2, -0.15) is 5.10 Å². The van der Waals surface area contributed by atoms with Crippen LogP contribution in [-0.4, -0.2) is 15.8 Å². The molecular formula is C13H19N3. The zero-order valence-electron chi connectivity index (χ0n) is 9.60. The number of hydrogen-bond acceptors (Lipinski definition) is 2. The van der Waals surface area contributed by atoms with Crippen LogP contribution in [0.3, 0.4) is 0 Å². The Morgan fingerprint density at radius 2 is 2.06 bits per heavy atom. The van der Waals surface area contributed by atoms with E-state index in [0.29, 0.717) is 12.1 Å². The van der Waals surface area contributed by atoms with Gasteiger partial charge in [-0.15, -0.1) is 0 Å². The fourth-order valence-corrected chi connectivity index (χ4v) is 2.74. The van der Waals surface area contributed by atoms with Crippen molar-refractivity contribution in [1.29, 1.82) is 0 Å². The maximum absolute atomic E-state index is 5.76. The van der Waals surface area contributed by atoms with Crippen LogP contribution in [0.4, 0.5) is 0 Å². The van der Waals surface area contributed by atoms with Crippen molar-refractivity contribution < 1.29 is 0 Å². The van der Waals surface area contributed by atoms with Crippen molar-refractivity contribution >= 4 is 6.08 Å². The van der Waals surface area contributed by atoms with Crippen molar-refractivity contribution in [3.63, 3.8) is 0 Å². The molecule has 2 N–H and O–H groups in total. The summed E-state index contributed by atoms with van der Waals surface area (Å²) in [5.74, 6) is 0. The van der Waals surface area contributed by atoms with Gasteiger partial charge in [0, 0.05) is 12.2 Å². The van der Waals surface area contributed by atoms with Gasteiger partial charge in [0.15, 0.2) is 0 Å². The smallest absolute Gasteiger partial charge is 0.0850 e. The molecule has 86 valence electrons. The molecule has 2 aliphatic carbocycles. The first-order valence-corrected chi connectivity index (χ1v) is 6.31. The van der Waals surface area contributed by atoms with Gasteiger partial charge in [-0.25, -0.2) is 0 Å². The van der Waals surface area contributed by atoms with E-state index in [2.05, 4.69) is 28.1 Å². The molecule has 0 spiro atoms. The quantitative estimate of drug-likeness (QED) is 0.827. The van der Waals surface area contributed by atoms with Crippen molar-refractivity contribution in [2.45, 2.75) is 50.6 Å². The number of rotatable bonds is 2. The molecule has 2 fully saturated rings. The number of hydrogen-bond donors (Lipinski definition) is 1. The lowest BCUT2D eigenvalue weighted by atomic mass is 9.86. The Morgan fingerprint density at radius 3 is 2.75 bits per heavy atom. The first-order chi connectivity index (χ1) is 7.81. The third-order valence-electron chi connectivity index (χ3n) is 3.73. The molecule has 0 unspecified atom stereocenters. The van der Waals surface area contributed by atoms with Crippen molar-refractivity contribution in [2.24, 2.45) is 5.73 Å². The summed E-state index contributed by atoms with van der Waals surface area (Å²) in [5, 5.41) is 4.64. The van der Waals surface area contributed by atoms with Crippen LogP contribution >= 0.6 is 0 Å². The van der Waals surface area contributed by atoms with E-state index in [-0.39, 0.29) is 0 Å². The molecule has 1 heterocycles. The topological polar surface area (TPSA) is 43.8 Å². The SMILES string of the molecule is NC1CC(=Cc2ccn(C3CCCC3)n2)C1. The van der Waals surface area contributed by atoms with E-state index >= 15 is 0 Å². The van der Waals surface area contributed by atoms with Crippen LogP contribution in [0.5, 0.6) is 0 Å². The summed E-state index contributed by atoms with van der Waals surface area (Å²) in [6, 6.07) is 3.16. The Morgan fingerprint density at radius 1 is 1.31 bits per heavy atom. The molecule has 3 rings (SSSR count). The van der Waals surface area contributed by atoms with E-state index in [4.69, 9.17) is 5.73 Å². The molecule has 2 saturated carbocycles. The van der Waals surface area contributed by atoms with Crippen LogP contribution in [0.25, 0.3) is 6.08 Å². The normalized spacial score (nSPS) is 25.8. The molecule has 1 aromatic heterocycles. The second kappa shape index (κ2) is 4.06. The van der Waals surface area contributed by atoms with Gasteiger partial charge < -0.3 is 5.73 Å². The van der Waals surface area contributed by atoms with E-state index in [1.54, 1.807) is 0 Å². The zero-order valence-corrected chi connectivity index (χ0v) is 9.60. The summed E-state index contributed by atoms with van der Waals surface area (Å²) in [5.41, 5.74) is 8.31. The van der Waals surface area contributed by atoms with Gasteiger partial charge in [0.1, 0.15) is 0 Å². The summed E-state index contributed by atoms with van der Waals surface area (Å²) in [6.45, 7) is 0. The van der Waals surface area contributed by atoms with Crippen LogP contribution in [0.15, 0.2) is 17.8 Å². The Hall–Kier alpha value is -1.09. The standard InChI is InChI=1S/C13H19N3/c14-11-7-10(8-11)9-12-5-6-16(15-12)13-3-1-2-4-13/h5-6,9,11,13H,1-4,7-8,14H2. The second-order valence-electron chi connectivity index (χ2n) is 5.13. The van der Waals surface area contributed by atoms with Gasteiger partial charge in [-0.1, -0.05) is 18.4 Å². The maximum atomic E-state index is 5.76. The van der Waals surface area contributed by atoms with Gasteiger partial charge in [-0.3, -0.25) is 4.68 Å². The Labute approximate surface area is 96.3 Å². The van der Waals surface area contributed by atoms with Crippen molar-refractivity contribution in [3.8, 4) is 0 Å². The van der Waals surface area contributed by atoms with E-state index in [9.17, 15) is 0 Å². The molecule has 0 radical (unpaired) electrons. The number of nitrogens with two attached hydrogens (primary N) is 1. The highest BCUT2D eigenvalue weighted by molar-refractivity contribution is 5.50. The fourth-order valence-electron chi connectivity index (χ4n) is 2.74. The molecule has 0 saturated heterocycles. The van der Waals surface area contributed by atoms with Crippen molar-refractivity contribution in [3.05, 3.63) is 23.5 Å².